The van der Waals surface area contributed by atoms with Crippen molar-refractivity contribution < 1.29 is 9.47 Å². The van der Waals surface area contributed by atoms with E-state index in [9.17, 15) is 0 Å². The maximum atomic E-state index is 6.15. The number of ether oxygens (including phenoxy) is 2. The summed E-state index contributed by atoms with van der Waals surface area (Å²) in [5, 5.41) is 1.03. The van der Waals surface area contributed by atoms with Crippen LogP contribution in [-0.4, -0.2) is 23.2 Å². The van der Waals surface area contributed by atoms with Gasteiger partial charge in [-0.15, -0.1) is 0 Å². The molecule has 4 nitrogen and oxygen atoms in total. The van der Waals surface area contributed by atoms with Crippen LogP contribution in [0.5, 0.6) is 5.75 Å². The third-order valence-electron chi connectivity index (χ3n) is 3.04. The zero-order valence-electron chi connectivity index (χ0n) is 11.8. The van der Waals surface area contributed by atoms with Gasteiger partial charge >= 0.3 is 0 Å². The molecule has 2 unspecified atom stereocenters. The molecule has 0 N–H and O–H groups in total. The summed E-state index contributed by atoms with van der Waals surface area (Å²) in [5.74, 6) is 0.568. The predicted octanol–water partition coefficient (Wildman–Crippen LogP) is 4.33. The number of hydrogen-bond donors (Lipinski definition) is 0. The van der Waals surface area contributed by atoms with E-state index in [-0.39, 0.29) is 12.2 Å². The van der Waals surface area contributed by atoms with E-state index in [0.29, 0.717) is 15.8 Å². The van der Waals surface area contributed by atoms with Gasteiger partial charge in [-0.3, -0.25) is 9.97 Å². The Hall–Kier alpha value is -1.36. The van der Waals surface area contributed by atoms with Crippen LogP contribution in [0.1, 0.15) is 25.1 Å². The van der Waals surface area contributed by atoms with Crippen LogP contribution in [0.3, 0.4) is 0 Å². The van der Waals surface area contributed by atoms with E-state index in [1.807, 2.05) is 6.92 Å². The van der Waals surface area contributed by atoms with E-state index in [4.69, 9.17) is 32.7 Å². The SMILES string of the molecule is CCC(Oc1ccc(Cl)cc1Cl)C(OC)c1cnccn1. The lowest BCUT2D eigenvalue weighted by Crippen LogP contribution is -2.27. The summed E-state index contributed by atoms with van der Waals surface area (Å²) in [6.07, 6.45) is 5.09. The average Bonchev–Trinajstić information content (AvgIpc) is 2.50. The van der Waals surface area contributed by atoms with Crippen molar-refractivity contribution in [2.75, 3.05) is 7.11 Å². The van der Waals surface area contributed by atoms with Gasteiger partial charge in [-0.1, -0.05) is 30.1 Å². The van der Waals surface area contributed by atoms with E-state index < -0.39 is 0 Å². The van der Waals surface area contributed by atoms with Gasteiger partial charge in [0, 0.05) is 24.5 Å². The summed E-state index contributed by atoms with van der Waals surface area (Å²) in [6, 6.07) is 5.13. The van der Waals surface area contributed by atoms with Gasteiger partial charge < -0.3 is 9.47 Å². The van der Waals surface area contributed by atoms with Crippen molar-refractivity contribution in [1.82, 2.24) is 9.97 Å². The fraction of sp³-hybridized carbons (Fsp3) is 0.333. The quantitative estimate of drug-likeness (QED) is 0.792. The Morgan fingerprint density at radius 3 is 2.62 bits per heavy atom. The van der Waals surface area contributed by atoms with Gasteiger partial charge in [0.2, 0.25) is 0 Å². The Morgan fingerprint density at radius 2 is 2.05 bits per heavy atom. The van der Waals surface area contributed by atoms with Crippen LogP contribution in [0.25, 0.3) is 0 Å². The second kappa shape index (κ2) is 7.59. The van der Waals surface area contributed by atoms with Crippen molar-refractivity contribution in [1.29, 1.82) is 0 Å². The number of hydrogen-bond acceptors (Lipinski definition) is 4. The summed E-state index contributed by atoms with van der Waals surface area (Å²) in [5.41, 5.74) is 0.719. The highest BCUT2D eigenvalue weighted by Gasteiger charge is 2.25. The maximum Gasteiger partial charge on any atom is 0.138 e. The minimum Gasteiger partial charge on any atom is -0.486 e. The molecule has 21 heavy (non-hydrogen) atoms. The molecule has 0 radical (unpaired) electrons. The van der Waals surface area contributed by atoms with Crippen LogP contribution in [0.2, 0.25) is 10.0 Å². The first-order chi connectivity index (χ1) is 10.2. The summed E-state index contributed by atoms with van der Waals surface area (Å²) >= 11 is 12.0. The molecular formula is C15H16Cl2N2O2. The minimum absolute atomic E-state index is 0.231. The number of methoxy groups -OCH3 is 1. The standard InChI is InChI=1S/C15H16Cl2N2O2/c1-3-13(15(20-2)12-9-18-6-7-19-12)21-14-5-4-10(16)8-11(14)17/h4-9,13,15H,3H2,1-2H3. The number of aromatic nitrogens is 2. The smallest absolute Gasteiger partial charge is 0.138 e. The molecule has 0 aliphatic carbocycles. The lowest BCUT2D eigenvalue weighted by molar-refractivity contribution is -0.00394. The molecule has 0 spiro atoms. The molecule has 2 atom stereocenters. The molecule has 1 heterocycles. The van der Waals surface area contributed by atoms with Crippen molar-refractivity contribution in [3.63, 3.8) is 0 Å². The molecule has 112 valence electrons. The van der Waals surface area contributed by atoms with Gasteiger partial charge in [0.1, 0.15) is 18.0 Å². The lowest BCUT2D eigenvalue weighted by Gasteiger charge is -2.25. The van der Waals surface area contributed by atoms with Crippen LogP contribution in [0.4, 0.5) is 0 Å². The van der Waals surface area contributed by atoms with E-state index in [0.717, 1.165) is 12.1 Å². The molecular weight excluding hydrogens is 311 g/mol. The monoisotopic (exact) mass is 326 g/mol. The van der Waals surface area contributed by atoms with E-state index in [2.05, 4.69) is 9.97 Å². The number of halogens is 2. The van der Waals surface area contributed by atoms with Gasteiger partial charge in [-0.05, 0) is 24.6 Å². The third kappa shape index (κ3) is 4.06. The molecule has 2 aromatic rings. The van der Waals surface area contributed by atoms with Crippen molar-refractivity contribution in [3.8, 4) is 5.75 Å². The van der Waals surface area contributed by atoms with Crippen LogP contribution in [0.15, 0.2) is 36.8 Å². The third-order valence-corrected chi connectivity index (χ3v) is 3.57. The number of benzene rings is 1. The topological polar surface area (TPSA) is 44.2 Å². The second-order valence-corrected chi connectivity index (χ2v) is 5.27. The first-order valence-electron chi connectivity index (χ1n) is 6.56. The molecule has 0 amide bonds. The zero-order valence-corrected chi connectivity index (χ0v) is 13.3. The highest BCUT2D eigenvalue weighted by Crippen LogP contribution is 2.31. The zero-order chi connectivity index (χ0) is 15.2. The largest absolute Gasteiger partial charge is 0.486 e. The fourth-order valence-corrected chi connectivity index (χ4v) is 2.47. The summed E-state index contributed by atoms with van der Waals surface area (Å²) in [7, 11) is 1.62. The number of rotatable bonds is 6. The molecule has 0 fully saturated rings. The summed E-state index contributed by atoms with van der Waals surface area (Å²) in [6.45, 7) is 2.01. The maximum absolute atomic E-state index is 6.15. The van der Waals surface area contributed by atoms with Gasteiger partial charge in [-0.25, -0.2) is 0 Å². The van der Waals surface area contributed by atoms with Crippen LogP contribution >= 0.6 is 23.2 Å². The highest BCUT2D eigenvalue weighted by molar-refractivity contribution is 6.35. The number of nitrogens with zero attached hydrogens (tertiary/aromatic N) is 2. The molecule has 1 aromatic carbocycles. The van der Waals surface area contributed by atoms with Gasteiger partial charge in [0.05, 0.1) is 16.9 Å². The summed E-state index contributed by atoms with van der Waals surface area (Å²) < 4.78 is 11.5. The molecule has 6 heteroatoms. The van der Waals surface area contributed by atoms with E-state index in [1.54, 1.807) is 43.9 Å². The highest BCUT2D eigenvalue weighted by atomic mass is 35.5. The van der Waals surface area contributed by atoms with Crippen LogP contribution < -0.4 is 4.74 Å². The molecule has 0 bridgehead atoms. The van der Waals surface area contributed by atoms with Crippen LogP contribution in [0, 0.1) is 0 Å². The Balaban J connectivity index is 2.22. The normalized spacial score (nSPS) is 13.7. The Labute approximate surface area is 134 Å². The summed E-state index contributed by atoms with van der Waals surface area (Å²) in [4.78, 5) is 8.34. The lowest BCUT2D eigenvalue weighted by atomic mass is 10.1. The van der Waals surface area contributed by atoms with Crippen molar-refractivity contribution in [3.05, 3.63) is 52.5 Å². The van der Waals surface area contributed by atoms with Gasteiger partial charge in [0.25, 0.3) is 0 Å². The average molecular weight is 327 g/mol. The van der Waals surface area contributed by atoms with Crippen molar-refractivity contribution >= 4 is 23.2 Å². The van der Waals surface area contributed by atoms with Gasteiger partial charge in [0.15, 0.2) is 0 Å². The molecule has 2 rings (SSSR count). The first-order valence-corrected chi connectivity index (χ1v) is 7.31. The predicted molar refractivity (Wildman–Crippen MR) is 83.0 cm³/mol. The minimum atomic E-state index is -0.324. The Kier molecular flexibility index (Phi) is 5.79. The molecule has 0 saturated heterocycles. The van der Waals surface area contributed by atoms with Crippen molar-refractivity contribution in [2.45, 2.75) is 25.6 Å². The fourth-order valence-electron chi connectivity index (χ4n) is 2.01. The first kappa shape index (κ1) is 16.0. The molecule has 0 aliphatic rings. The van der Waals surface area contributed by atoms with E-state index >= 15 is 0 Å². The van der Waals surface area contributed by atoms with Crippen LogP contribution in [-0.2, 0) is 4.74 Å². The molecule has 0 saturated carbocycles. The molecule has 1 aromatic heterocycles. The van der Waals surface area contributed by atoms with Crippen molar-refractivity contribution in [2.24, 2.45) is 0 Å². The van der Waals surface area contributed by atoms with Gasteiger partial charge in [-0.2, -0.15) is 0 Å². The second-order valence-electron chi connectivity index (χ2n) is 4.43. The molecule has 0 aliphatic heterocycles. The Morgan fingerprint density at radius 1 is 1.24 bits per heavy atom. The van der Waals surface area contributed by atoms with E-state index in [1.165, 1.54) is 0 Å². The Bertz CT molecular complexity index is 581.